The third-order valence-corrected chi connectivity index (χ3v) is 6.63. The van der Waals surface area contributed by atoms with Crippen LogP contribution in [0.25, 0.3) is 0 Å². The van der Waals surface area contributed by atoms with Crippen LogP contribution in [-0.4, -0.2) is 71.8 Å². The Labute approximate surface area is 211 Å². The number of amides is 2. The van der Waals surface area contributed by atoms with Crippen molar-refractivity contribution >= 4 is 23.3 Å². The highest BCUT2D eigenvalue weighted by Crippen LogP contribution is 2.28. The number of hydrogen-bond donors (Lipinski definition) is 1. The number of phenolic OH excluding ortho intramolecular Hbond substituents is 1. The molecule has 3 aromatic carbocycles. The second kappa shape index (κ2) is 11.1. The number of aromatic hydroxyl groups is 1. The monoisotopic (exact) mass is 485 g/mol. The van der Waals surface area contributed by atoms with Crippen molar-refractivity contribution in [3.63, 3.8) is 0 Å². The first kappa shape index (κ1) is 25.0. The number of anilines is 1. The number of nitrogens with zero attached hydrogens (tertiary/aromatic N) is 3. The van der Waals surface area contributed by atoms with Gasteiger partial charge in [-0.3, -0.25) is 14.4 Å². The van der Waals surface area contributed by atoms with E-state index in [0.717, 1.165) is 18.8 Å². The minimum absolute atomic E-state index is 0.0538. The van der Waals surface area contributed by atoms with Crippen LogP contribution in [0.1, 0.15) is 50.5 Å². The van der Waals surface area contributed by atoms with Crippen molar-refractivity contribution in [1.82, 2.24) is 9.80 Å². The molecule has 2 amide bonds. The summed E-state index contributed by atoms with van der Waals surface area (Å²) < 4.78 is 0. The summed E-state index contributed by atoms with van der Waals surface area (Å²) in [4.78, 5) is 45.0. The molecule has 1 aliphatic rings. The average molecular weight is 486 g/mol. The number of rotatable bonds is 7. The Kier molecular flexibility index (Phi) is 7.68. The molecule has 7 heteroatoms. The highest BCUT2D eigenvalue weighted by molar-refractivity contribution is 6.16. The molecule has 0 bridgehead atoms. The topological polar surface area (TPSA) is 81.2 Å². The lowest BCUT2D eigenvalue weighted by Gasteiger charge is -2.35. The van der Waals surface area contributed by atoms with Crippen molar-refractivity contribution in [3.05, 3.63) is 95.1 Å². The van der Waals surface area contributed by atoms with Crippen molar-refractivity contribution in [3.8, 4) is 5.75 Å². The van der Waals surface area contributed by atoms with Gasteiger partial charge in [-0.2, -0.15) is 0 Å². The summed E-state index contributed by atoms with van der Waals surface area (Å²) in [7, 11) is 0. The van der Waals surface area contributed by atoms with Gasteiger partial charge in [0.25, 0.3) is 11.8 Å². The van der Waals surface area contributed by atoms with Gasteiger partial charge in [-0.05, 0) is 44.2 Å². The fourth-order valence-electron chi connectivity index (χ4n) is 4.56. The molecule has 1 heterocycles. The minimum atomic E-state index is -0.402. The fourth-order valence-corrected chi connectivity index (χ4v) is 4.56. The van der Waals surface area contributed by atoms with Gasteiger partial charge in [0, 0.05) is 62.1 Å². The zero-order chi connectivity index (χ0) is 25.7. The molecule has 36 heavy (non-hydrogen) atoms. The van der Waals surface area contributed by atoms with Crippen molar-refractivity contribution in [2.45, 2.75) is 13.8 Å². The highest BCUT2D eigenvalue weighted by Gasteiger charge is 2.28. The van der Waals surface area contributed by atoms with Gasteiger partial charge in [0.05, 0.1) is 11.1 Å². The maximum Gasteiger partial charge on any atom is 0.254 e. The molecule has 0 radical (unpaired) electrons. The van der Waals surface area contributed by atoms with Crippen LogP contribution in [0.4, 0.5) is 5.69 Å². The largest absolute Gasteiger partial charge is 0.507 e. The Morgan fingerprint density at radius 3 is 1.86 bits per heavy atom. The number of carbonyl (C=O) groups excluding carboxylic acids is 3. The zero-order valence-corrected chi connectivity index (χ0v) is 20.7. The van der Waals surface area contributed by atoms with E-state index >= 15 is 0 Å². The third kappa shape index (κ3) is 5.10. The molecule has 0 atom stereocenters. The molecule has 0 spiro atoms. The molecule has 1 aliphatic heterocycles. The summed E-state index contributed by atoms with van der Waals surface area (Å²) in [6.07, 6.45) is 0. The molecule has 0 unspecified atom stereocenters. The van der Waals surface area contributed by atoms with E-state index in [1.165, 1.54) is 0 Å². The lowest BCUT2D eigenvalue weighted by atomic mass is 9.96. The standard InChI is InChI=1S/C29H31N3O4/c1-3-30(4-2)22-14-15-25(26(33)20-22)27(34)23-12-8-9-13-24(23)29(36)32-18-16-31(17-19-32)28(35)21-10-6-5-7-11-21/h5-15,20,33H,3-4,16-19H2,1-2H3. The van der Waals surface area contributed by atoms with E-state index in [-0.39, 0.29) is 34.3 Å². The van der Waals surface area contributed by atoms with Crippen LogP contribution in [0.5, 0.6) is 5.75 Å². The number of carbonyl (C=O) groups is 3. The average Bonchev–Trinajstić information content (AvgIpc) is 2.93. The maximum atomic E-state index is 13.4. The van der Waals surface area contributed by atoms with Gasteiger partial charge < -0.3 is 19.8 Å². The highest BCUT2D eigenvalue weighted by atomic mass is 16.3. The SMILES string of the molecule is CCN(CC)c1ccc(C(=O)c2ccccc2C(=O)N2CCN(C(=O)c3ccccc3)CC2)c(O)c1. The first-order chi connectivity index (χ1) is 17.4. The number of benzene rings is 3. The van der Waals surface area contributed by atoms with Crippen LogP contribution in [0.3, 0.4) is 0 Å². The molecular formula is C29H31N3O4. The van der Waals surface area contributed by atoms with Crippen LogP contribution in [0.2, 0.25) is 0 Å². The number of hydrogen-bond acceptors (Lipinski definition) is 5. The van der Waals surface area contributed by atoms with E-state index in [4.69, 9.17) is 0 Å². The summed E-state index contributed by atoms with van der Waals surface area (Å²) in [5, 5.41) is 10.6. The molecule has 0 aromatic heterocycles. The minimum Gasteiger partial charge on any atom is -0.507 e. The normalized spacial score (nSPS) is 13.4. The smallest absolute Gasteiger partial charge is 0.254 e. The molecule has 1 N–H and O–H groups in total. The molecule has 0 saturated carbocycles. The Morgan fingerprint density at radius 2 is 1.28 bits per heavy atom. The van der Waals surface area contributed by atoms with Crippen LogP contribution in [0, 0.1) is 0 Å². The molecular weight excluding hydrogens is 454 g/mol. The molecule has 1 fully saturated rings. The third-order valence-electron chi connectivity index (χ3n) is 6.63. The van der Waals surface area contributed by atoms with E-state index in [1.807, 2.05) is 38.1 Å². The molecule has 1 saturated heterocycles. The van der Waals surface area contributed by atoms with E-state index in [2.05, 4.69) is 4.90 Å². The van der Waals surface area contributed by atoms with Crippen molar-refractivity contribution < 1.29 is 19.5 Å². The van der Waals surface area contributed by atoms with Crippen LogP contribution in [-0.2, 0) is 0 Å². The van der Waals surface area contributed by atoms with E-state index in [0.29, 0.717) is 31.7 Å². The molecule has 4 rings (SSSR count). The Morgan fingerprint density at radius 1 is 0.722 bits per heavy atom. The molecule has 0 aliphatic carbocycles. The molecule has 186 valence electrons. The molecule has 7 nitrogen and oxygen atoms in total. The summed E-state index contributed by atoms with van der Waals surface area (Å²) in [5.41, 5.74) is 2.15. The van der Waals surface area contributed by atoms with Gasteiger partial charge >= 0.3 is 0 Å². The Hall–Kier alpha value is -4.13. The summed E-state index contributed by atoms with van der Waals surface area (Å²) in [6.45, 7) is 7.22. The van der Waals surface area contributed by atoms with Gasteiger partial charge in [-0.15, -0.1) is 0 Å². The second-order valence-corrected chi connectivity index (χ2v) is 8.70. The van der Waals surface area contributed by atoms with Gasteiger partial charge in [0.2, 0.25) is 0 Å². The fraction of sp³-hybridized carbons (Fsp3) is 0.276. The first-order valence-electron chi connectivity index (χ1n) is 12.3. The van der Waals surface area contributed by atoms with E-state index < -0.39 is 5.78 Å². The summed E-state index contributed by atoms with van der Waals surface area (Å²) >= 11 is 0. The zero-order valence-electron chi connectivity index (χ0n) is 20.7. The summed E-state index contributed by atoms with van der Waals surface area (Å²) in [5.74, 6) is -0.827. The Balaban J connectivity index is 1.50. The second-order valence-electron chi connectivity index (χ2n) is 8.70. The van der Waals surface area contributed by atoms with Crippen molar-refractivity contribution in [2.75, 3.05) is 44.2 Å². The lowest BCUT2D eigenvalue weighted by molar-refractivity contribution is 0.0534. The quantitative estimate of drug-likeness (QED) is 0.511. The van der Waals surface area contributed by atoms with Crippen molar-refractivity contribution in [2.24, 2.45) is 0 Å². The number of ketones is 1. The Bertz CT molecular complexity index is 1250. The lowest BCUT2D eigenvalue weighted by Crippen LogP contribution is -2.50. The van der Waals surface area contributed by atoms with E-state index in [9.17, 15) is 19.5 Å². The summed E-state index contributed by atoms with van der Waals surface area (Å²) in [6, 6.07) is 20.8. The molecule has 3 aromatic rings. The first-order valence-corrected chi connectivity index (χ1v) is 12.3. The predicted octanol–water partition coefficient (Wildman–Crippen LogP) is 4.07. The van der Waals surface area contributed by atoms with Crippen molar-refractivity contribution in [1.29, 1.82) is 0 Å². The van der Waals surface area contributed by atoms with Gasteiger partial charge in [0.15, 0.2) is 5.78 Å². The van der Waals surface area contributed by atoms with E-state index in [1.54, 1.807) is 58.3 Å². The number of piperazine rings is 1. The van der Waals surface area contributed by atoms with Gasteiger partial charge in [-0.1, -0.05) is 36.4 Å². The maximum absolute atomic E-state index is 13.4. The predicted molar refractivity (Wildman–Crippen MR) is 140 cm³/mol. The van der Waals surface area contributed by atoms with Gasteiger partial charge in [0.1, 0.15) is 5.75 Å². The van der Waals surface area contributed by atoms with Crippen LogP contribution in [0.15, 0.2) is 72.8 Å². The van der Waals surface area contributed by atoms with Gasteiger partial charge in [-0.25, -0.2) is 0 Å². The van der Waals surface area contributed by atoms with Crippen LogP contribution >= 0.6 is 0 Å². The number of phenols is 1. The van der Waals surface area contributed by atoms with Crippen LogP contribution < -0.4 is 4.90 Å².